The van der Waals surface area contributed by atoms with Crippen LogP contribution in [0.1, 0.15) is 27.2 Å². The van der Waals surface area contributed by atoms with Crippen LogP contribution in [0.3, 0.4) is 0 Å². The summed E-state index contributed by atoms with van der Waals surface area (Å²) in [5, 5.41) is 13.9. The van der Waals surface area contributed by atoms with Crippen LogP contribution in [0.15, 0.2) is 6.33 Å². The maximum Gasteiger partial charge on any atom is 0.406 e. The molecule has 0 bridgehead atoms. The van der Waals surface area contributed by atoms with Gasteiger partial charge in [0, 0.05) is 13.1 Å². The van der Waals surface area contributed by atoms with Gasteiger partial charge in [0.1, 0.15) is 0 Å². The number of imidazole rings is 1. The standard InChI is InChI=1S/C10H18N4O2/c1-7(2)5-8(3)12-10-9(14(15)16)11-6-13(10)4/h6-8,12H,5H2,1-4H3. The topological polar surface area (TPSA) is 73.0 Å². The molecular weight excluding hydrogens is 208 g/mol. The van der Waals surface area contributed by atoms with Gasteiger partial charge >= 0.3 is 5.82 Å². The quantitative estimate of drug-likeness (QED) is 0.617. The van der Waals surface area contributed by atoms with Gasteiger partial charge < -0.3 is 15.4 Å². The molecule has 1 rings (SSSR count). The van der Waals surface area contributed by atoms with Gasteiger partial charge in [-0.15, -0.1) is 0 Å². The van der Waals surface area contributed by atoms with E-state index in [4.69, 9.17) is 0 Å². The number of nitrogens with zero attached hydrogens (tertiary/aromatic N) is 3. The first-order valence-corrected chi connectivity index (χ1v) is 5.34. The second-order valence-corrected chi connectivity index (χ2v) is 4.46. The van der Waals surface area contributed by atoms with Crippen molar-refractivity contribution in [1.29, 1.82) is 0 Å². The van der Waals surface area contributed by atoms with Crippen LogP contribution in [-0.2, 0) is 7.05 Å². The molecule has 0 aliphatic carbocycles. The van der Waals surface area contributed by atoms with E-state index < -0.39 is 4.92 Å². The molecule has 90 valence electrons. The van der Waals surface area contributed by atoms with Crippen LogP contribution in [-0.4, -0.2) is 20.5 Å². The Morgan fingerprint density at radius 3 is 2.69 bits per heavy atom. The highest BCUT2D eigenvalue weighted by Crippen LogP contribution is 2.22. The molecule has 1 heterocycles. The van der Waals surface area contributed by atoms with Crippen LogP contribution in [0.5, 0.6) is 0 Å². The number of nitro groups is 1. The van der Waals surface area contributed by atoms with Crippen molar-refractivity contribution < 1.29 is 4.92 Å². The Balaban J connectivity index is 2.79. The lowest BCUT2D eigenvalue weighted by atomic mass is 10.1. The first kappa shape index (κ1) is 12.5. The number of aryl methyl sites for hydroxylation is 1. The van der Waals surface area contributed by atoms with E-state index >= 15 is 0 Å². The van der Waals surface area contributed by atoms with E-state index in [0.717, 1.165) is 6.42 Å². The summed E-state index contributed by atoms with van der Waals surface area (Å²) in [5.41, 5.74) is 0. The molecule has 0 radical (unpaired) electrons. The van der Waals surface area contributed by atoms with Crippen molar-refractivity contribution in [2.24, 2.45) is 13.0 Å². The third-order valence-corrected chi connectivity index (χ3v) is 2.30. The molecular formula is C10H18N4O2. The summed E-state index contributed by atoms with van der Waals surface area (Å²) in [5.74, 6) is 0.908. The highest BCUT2D eigenvalue weighted by atomic mass is 16.6. The fourth-order valence-corrected chi connectivity index (χ4v) is 1.72. The third kappa shape index (κ3) is 2.95. The third-order valence-electron chi connectivity index (χ3n) is 2.30. The zero-order valence-corrected chi connectivity index (χ0v) is 10.1. The second kappa shape index (κ2) is 4.96. The molecule has 0 saturated carbocycles. The van der Waals surface area contributed by atoms with Crippen LogP contribution < -0.4 is 5.32 Å². The van der Waals surface area contributed by atoms with E-state index in [9.17, 15) is 10.1 Å². The minimum atomic E-state index is -0.468. The maximum absolute atomic E-state index is 10.7. The van der Waals surface area contributed by atoms with Crippen molar-refractivity contribution in [3.8, 4) is 0 Å². The first-order valence-electron chi connectivity index (χ1n) is 5.34. The molecule has 0 amide bonds. The first-order chi connectivity index (χ1) is 7.41. The van der Waals surface area contributed by atoms with E-state index in [0.29, 0.717) is 11.7 Å². The molecule has 0 fully saturated rings. The fourth-order valence-electron chi connectivity index (χ4n) is 1.72. The molecule has 0 saturated heterocycles. The number of anilines is 1. The monoisotopic (exact) mass is 226 g/mol. The lowest BCUT2D eigenvalue weighted by molar-refractivity contribution is -0.388. The summed E-state index contributed by atoms with van der Waals surface area (Å²) in [4.78, 5) is 14.0. The molecule has 16 heavy (non-hydrogen) atoms. The van der Waals surface area contributed by atoms with Crippen LogP contribution >= 0.6 is 0 Å². The fraction of sp³-hybridized carbons (Fsp3) is 0.700. The predicted octanol–water partition coefficient (Wildman–Crippen LogP) is 2.17. The molecule has 1 unspecified atom stereocenters. The number of hydrogen-bond acceptors (Lipinski definition) is 4. The van der Waals surface area contributed by atoms with E-state index in [1.807, 2.05) is 6.92 Å². The molecule has 0 aromatic carbocycles. The average molecular weight is 226 g/mol. The van der Waals surface area contributed by atoms with E-state index in [-0.39, 0.29) is 11.9 Å². The molecule has 0 aliphatic heterocycles. The minimum absolute atomic E-state index is 0.113. The zero-order chi connectivity index (χ0) is 12.3. The maximum atomic E-state index is 10.7. The average Bonchev–Trinajstić information content (AvgIpc) is 2.46. The van der Waals surface area contributed by atoms with Crippen molar-refractivity contribution in [3.05, 3.63) is 16.4 Å². The lowest BCUT2D eigenvalue weighted by Gasteiger charge is -2.16. The van der Waals surface area contributed by atoms with Gasteiger partial charge in [-0.3, -0.25) is 4.57 Å². The van der Waals surface area contributed by atoms with Crippen molar-refractivity contribution in [2.45, 2.75) is 33.2 Å². The van der Waals surface area contributed by atoms with Gasteiger partial charge in [0.05, 0.1) is 0 Å². The van der Waals surface area contributed by atoms with E-state index in [2.05, 4.69) is 24.1 Å². The van der Waals surface area contributed by atoms with Gasteiger partial charge in [0.2, 0.25) is 12.1 Å². The molecule has 0 aliphatic rings. The molecule has 6 nitrogen and oxygen atoms in total. The summed E-state index contributed by atoms with van der Waals surface area (Å²) in [6.07, 6.45) is 2.41. The van der Waals surface area contributed by atoms with Gasteiger partial charge in [-0.05, 0) is 29.2 Å². The van der Waals surface area contributed by atoms with Gasteiger partial charge in [-0.2, -0.15) is 0 Å². The lowest BCUT2D eigenvalue weighted by Crippen LogP contribution is -2.19. The molecule has 6 heteroatoms. The number of hydrogen-bond donors (Lipinski definition) is 1. The zero-order valence-electron chi connectivity index (χ0n) is 10.1. The SMILES string of the molecule is CC(C)CC(C)Nc1c([N+](=O)[O-])ncn1C. The van der Waals surface area contributed by atoms with E-state index in [1.54, 1.807) is 11.6 Å². The highest BCUT2D eigenvalue weighted by Gasteiger charge is 2.21. The summed E-state index contributed by atoms with van der Waals surface area (Å²) in [6.45, 7) is 6.25. The highest BCUT2D eigenvalue weighted by molar-refractivity contribution is 5.52. The second-order valence-electron chi connectivity index (χ2n) is 4.46. The summed E-state index contributed by atoms with van der Waals surface area (Å²) in [6, 6.07) is 0.189. The van der Waals surface area contributed by atoms with Gasteiger partial charge in [0.25, 0.3) is 0 Å². The van der Waals surface area contributed by atoms with Crippen molar-refractivity contribution in [2.75, 3.05) is 5.32 Å². The van der Waals surface area contributed by atoms with Gasteiger partial charge in [-0.1, -0.05) is 13.8 Å². The molecule has 1 aromatic heterocycles. The summed E-state index contributed by atoms with van der Waals surface area (Å²) >= 11 is 0. The smallest absolute Gasteiger partial charge is 0.362 e. The Hall–Kier alpha value is -1.59. The van der Waals surface area contributed by atoms with Gasteiger partial charge in [-0.25, -0.2) is 0 Å². The molecule has 1 N–H and O–H groups in total. The van der Waals surface area contributed by atoms with Crippen LogP contribution in [0.4, 0.5) is 11.6 Å². The van der Waals surface area contributed by atoms with Crippen molar-refractivity contribution in [1.82, 2.24) is 9.55 Å². The Morgan fingerprint density at radius 1 is 1.56 bits per heavy atom. The van der Waals surface area contributed by atoms with Crippen LogP contribution in [0.25, 0.3) is 0 Å². The van der Waals surface area contributed by atoms with Crippen LogP contribution in [0, 0.1) is 16.0 Å². The normalized spacial score (nSPS) is 12.8. The molecule has 1 atom stereocenters. The van der Waals surface area contributed by atoms with Gasteiger partial charge in [0.15, 0.2) is 0 Å². The minimum Gasteiger partial charge on any atom is -0.362 e. The number of rotatable bonds is 5. The predicted molar refractivity (Wildman–Crippen MR) is 62.4 cm³/mol. The Kier molecular flexibility index (Phi) is 3.87. The summed E-state index contributed by atoms with van der Waals surface area (Å²) in [7, 11) is 1.74. The Morgan fingerprint density at radius 2 is 2.19 bits per heavy atom. The Labute approximate surface area is 94.8 Å². The number of aromatic nitrogens is 2. The summed E-state index contributed by atoms with van der Waals surface area (Å²) < 4.78 is 1.63. The molecule has 1 aromatic rings. The van der Waals surface area contributed by atoms with E-state index in [1.165, 1.54) is 6.33 Å². The largest absolute Gasteiger partial charge is 0.406 e. The van der Waals surface area contributed by atoms with Crippen molar-refractivity contribution >= 4 is 11.6 Å². The number of nitrogens with one attached hydrogen (secondary N) is 1. The van der Waals surface area contributed by atoms with Crippen LogP contribution in [0.2, 0.25) is 0 Å². The molecule has 0 spiro atoms. The Bertz CT molecular complexity index is 373. The van der Waals surface area contributed by atoms with Crippen molar-refractivity contribution in [3.63, 3.8) is 0 Å².